The lowest BCUT2D eigenvalue weighted by atomic mass is 10.2. The third-order valence-electron chi connectivity index (χ3n) is 1.81. The third kappa shape index (κ3) is 1.62. The number of imidazole rings is 1. The molecule has 0 radical (unpaired) electrons. The van der Waals surface area contributed by atoms with Gasteiger partial charge in [0.15, 0.2) is 5.65 Å². The molecule has 1 N–H and O–H groups in total. The van der Waals surface area contributed by atoms with E-state index in [2.05, 4.69) is 15.0 Å². The molecule has 2 aromatic rings. The van der Waals surface area contributed by atoms with Gasteiger partial charge in [-0.05, 0) is 11.6 Å². The second-order valence-electron chi connectivity index (χ2n) is 2.81. The molecule has 0 aliphatic heterocycles. The van der Waals surface area contributed by atoms with Crippen LogP contribution >= 0.6 is 0 Å². The number of nitrogens with one attached hydrogen (secondary N) is 1. The molecule has 0 aliphatic carbocycles. The fourth-order valence-electron chi connectivity index (χ4n) is 1.18. The van der Waals surface area contributed by atoms with Crippen LogP contribution in [0.15, 0.2) is 24.7 Å². The van der Waals surface area contributed by atoms with E-state index in [-0.39, 0.29) is 0 Å². The maximum Gasteiger partial charge on any atom is 0.177 e. The largest absolute Gasteiger partial charge is 0.343 e. The number of pyridine rings is 1. The summed E-state index contributed by atoms with van der Waals surface area (Å²) in [7, 11) is 0. The lowest BCUT2D eigenvalue weighted by Crippen LogP contribution is -1.79. The van der Waals surface area contributed by atoms with Crippen LogP contribution in [0.1, 0.15) is 12.0 Å². The summed E-state index contributed by atoms with van der Waals surface area (Å²) in [6, 6.07) is 3.99. The molecule has 0 unspecified atom stereocenters. The molecule has 2 rings (SSSR count). The summed E-state index contributed by atoms with van der Waals surface area (Å²) in [5, 5.41) is 8.35. The monoisotopic (exact) mass is 184 g/mol. The fourth-order valence-corrected chi connectivity index (χ4v) is 1.18. The van der Waals surface area contributed by atoms with Crippen LogP contribution in [-0.4, -0.2) is 15.0 Å². The Labute approximate surface area is 80.9 Å². The first-order valence-corrected chi connectivity index (χ1v) is 4.23. The van der Waals surface area contributed by atoms with Crippen LogP contribution in [0.5, 0.6) is 0 Å². The summed E-state index contributed by atoms with van der Waals surface area (Å²) in [5.74, 6) is 0. The molecule has 14 heavy (non-hydrogen) atoms. The SMILES string of the molecule is N#CCC=Cc1cnc2nc[nH]c2c1. The van der Waals surface area contributed by atoms with Gasteiger partial charge in [0.2, 0.25) is 0 Å². The number of hydrogen-bond donors (Lipinski definition) is 1. The molecule has 2 heterocycles. The highest BCUT2D eigenvalue weighted by Crippen LogP contribution is 2.09. The van der Waals surface area contributed by atoms with Crippen molar-refractivity contribution in [1.29, 1.82) is 5.26 Å². The van der Waals surface area contributed by atoms with Crippen molar-refractivity contribution in [3.63, 3.8) is 0 Å². The number of nitrogens with zero attached hydrogens (tertiary/aromatic N) is 3. The quantitative estimate of drug-likeness (QED) is 0.774. The van der Waals surface area contributed by atoms with E-state index in [1.807, 2.05) is 18.2 Å². The first kappa shape index (κ1) is 8.45. The number of aromatic nitrogens is 3. The zero-order valence-corrected chi connectivity index (χ0v) is 7.44. The summed E-state index contributed by atoms with van der Waals surface area (Å²) < 4.78 is 0. The van der Waals surface area contributed by atoms with E-state index in [0.717, 1.165) is 11.1 Å². The van der Waals surface area contributed by atoms with Gasteiger partial charge in [0.1, 0.15) is 0 Å². The molecule has 4 heteroatoms. The van der Waals surface area contributed by atoms with Crippen LogP contribution < -0.4 is 0 Å². The predicted octanol–water partition coefficient (Wildman–Crippen LogP) is 1.88. The zero-order chi connectivity index (χ0) is 9.80. The van der Waals surface area contributed by atoms with Gasteiger partial charge in [-0.15, -0.1) is 0 Å². The highest BCUT2D eigenvalue weighted by molar-refractivity contribution is 5.72. The summed E-state index contributed by atoms with van der Waals surface area (Å²) in [4.78, 5) is 11.1. The molecule has 0 saturated carbocycles. The number of H-pyrrole nitrogens is 1. The van der Waals surface area contributed by atoms with Gasteiger partial charge in [0, 0.05) is 6.20 Å². The van der Waals surface area contributed by atoms with Crippen LogP contribution in [0.4, 0.5) is 0 Å². The van der Waals surface area contributed by atoms with E-state index in [1.165, 1.54) is 0 Å². The first-order chi connectivity index (χ1) is 6.90. The smallest absolute Gasteiger partial charge is 0.177 e. The van der Waals surface area contributed by atoms with Crippen LogP contribution in [0, 0.1) is 11.3 Å². The van der Waals surface area contributed by atoms with Gasteiger partial charge in [0.25, 0.3) is 0 Å². The number of aromatic amines is 1. The second-order valence-corrected chi connectivity index (χ2v) is 2.81. The highest BCUT2D eigenvalue weighted by atomic mass is 14.9. The molecule has 0 amide bonds. The average molecular weight is 184 g/mol. The fraction of sp³-hybridized carbons (Fsp3) is 0.100. The lowest BCUT2D eigenvalue weighted by Gasteiger charge is -1.91. The van der Waals surface area contributed by atoms with Crippen LogP contribution in [-0.2, 0) is 0 Å². The van der Waals surface area contributed by atoms with Crippen molar-refractivity contribution in [2.24, 2.45) is 0 Å². The van der Waals surface area contributed by atoms with E-state index in [0.29, 0.717) is 12.1 Å². The Bertz CT molecular complexity index is 504. The van der Waals surface area contributed by atoms with E-state index in [1.54, 1.807) is 18.6 Å². The van der Waals surface area contributed by atoms with Gasteiger partial charge in [-0.25, -0.2) is 9.97 Å². The Morgan fingerprint density at radius 1 is 1.50 bits per heavy atom. The second kappa shape index (κ2) is 3.71. The van der Waals surface area contributed by atoms with Gasteiger partial charge >= 0.3 is 0 Å². The van der Waals surface area contributed by atoms with Crippen LogP contribution in [0.2, 0.25) is 0 Å². The highest BCUT2D eigenvalue weighted by Gasteiger charge is 1.96. The molecule has 0 fully saturated rings. The van der Waals surface area contributed by atoms with Crippen LogP contribution in [0.3, 0.4) is 0 Å². The van der Waals surface area contributed by atoms with Crippen molar-refractivity contribution in [3.8, 4) is 6.07 Å². The zero-order valence-electron chi connectivity index (χ0n) is 7.44. The Morgan fingerprint density at radius 3 is 3.29 bits per heavy atom. The Morgan fingerprint density at radius 2 is 2.43 bits per heavy atom. The van der Waals surface area contributed by atoms with Crippen molar-refractivity contribution in [2.45, 2.75) is 6.42 Å². The number of nitriles is 1. The van der Waals surface area contributed by atoms with Crippen molar-refractivity contribution in [1.82, 2.24) is 15.0 Å². The molecule has 0 bridgehead atoms. The standard InChI is InChI=1S/C10H8N4/c11-4-2-1-3-8-5-9-10(12-6-8)14-7-13-9/h1,3,5-7H,2H2,(H,12,13,14). The molecule has 0 spiro atoms. The first-order valence-electron chi connectivity index (χ1n) is 4.23. The normalized spacial score (nSPS) is 10.8. The molecule has 0 saturated heterocycles. The van der Waals surface area contributed by atoms with E-state index < -0.39 is 0 Å². The maximum atomic E-state index is 8.35. The molecular formula is C10H8N4. The van der Waals surface area contributed by atoms with Crippen molar-refractivity contribution >= 4 is 17.2 Å². The number of fused-ring (bicyclic) bond motifs is 1. The molecular weight excluding hydrogens is 176 g/mol. The summed E-state index contributed by atoms with van der Waals surface area (Å²) in [6.07, 6.45) is 7.44. The van der Waals surface area contributed by atoms with Gasteiger partial charge in [-0.3, -0.25) is 0 Å². The third-order valence-corrected chi connectivity index (χ3v) is 1.81. The summed E-state index contributed by atoms with van der Waals surface area (Å²) in [6.45, 7) is 0. The number of rotatable bonds is 2. The minimum atomic E-state index is 0.418. The number of hydrogen-bond acceptors (Lipinski definition) is 3. The van der Waals surface area contributed by atoms with Crippen molar-refractivity contribution in [3.05, 3.63) is 30.2 Å². The molecule has 0 aliphatic rings. The van der Waals surface area contributed by atoms with E-state index >= 15 is 0 Å². The Kier molecular flexibility index (Phi) is 2.24. The van der Waals surface area contributed by atoms with Gasteiger partial charge < -0.3 is 4.98 Å². The van der Waals surface area contributed by atoms with Crippen molar-refractivity contribution < 1.29 is 0 Å². The predicted molar refractivity (Wildman–Crippen MR) is 53.2 cm³/mol. The molecule has 68 valence electrons. The van der Waals surface area contributed by atoms with Crippen molar-refractivity contribution in [2.75, 3.05) is 0 Å². The lowest BCUT2D eigenvalue weighted by molar-refractivity contribution is 1.30. The molecule has 0 aromatic carbocycles. The summed E-state index contributed by atoms with van der Waals surface area (Å²) >= 11 is 0. The van der Waals surface area contributed by atoms with Gasteiger partial charge in [-0.1, -0.05) is 12.2 Å². The topological polar surface area (TPSA) is 65.4 Å². The molecule has 2 aromatic heterocycles. The minimum absolute atomic E-state index is 0.418. The Hall–Kier alpha value is -2.15. The maximum absolute atomic E-state index is 8.35. The van der Waals surface area contributed by atoms with Crippen LogP contribution in [0.25, 0.3) is 17.2 Å². The Balaban J connectivity index is 2.31. The summed E-state index contributed by atoms with van der Waals surface area (Å²) in [5.41, 5.74) is 2.59. The number of allylic oxidation sites excluding steroid dienone is 1. The van der Waals surface area contributed by atoms with Gasteiger partial charge in [-0.2, -0.15) is 5.26 Å². The average Bonchev–Trinajstić information content (AvgIpc) is 2.65. The molecule has 4 nitrogen and oxygen atoms in total. The molecule has 0 atom stereocenters. The van der Waals surface area contributed by atoms with E-state index in [4.69, 9.17) is 5.26 Å². The minimum Gasteiger partial charge on any atom is -0.343 e. The van der Waals surface area contributed by atoms with Gasteiger partial charge in [0.05, 0.1) is 24.3 Å². The van der Waals surface area contributed by atoms with E-state index in [9.17, 15) is 0 Å².